The molecule has 1 heterocycles. The smallest absolute Gasteiger partial charge is 0.421 e. The van der Waals surface area contributed by atoms with Gasteiger partial charge in [-0.3, -0.25) is 5.43 Å². The molecule has 1 aromatic carbocycles. The van der Waals surface area contributed by atoms with Crippen LogP contribution in [-0.2, 0) is 17.8 Å². The highest BCUT2D eigenvalue weighted by molar-refractivity contribution is 7.13. The maximum Gasteiger partial charge on any atom is 0.421 e. The van der Waals surface area contributed by atoms with E-state index in [1.807, 2.05) is 42.1 Å². The van der Waals surface area contributed by atoms with Crippen LogP contribution in [0.15, 0.2) is 29.6 Å². The Morgan fingerprint density at radius 3 is 2.77 bits per heavy atom. The molecule has 0 spiro atoms. The summed E-state index contributed by atoms with van der Waals surface area (Å²) < 4.78 is 10.5. The van der Waals surface area contributed by atoms with Crippen LogP contribution >= 0.6 is 11.3 Å². The van der Waals surface area contributed by atoms with E-state index < -0.39 is 6.09 Å². The molecule has 0 unspecified atom stereocenters. The minimum absolute atomic E-state index is 0.273. The van der Waals surface area contributed by atoms with E-state index in [1.165, 1.54) is 0 Å². The summed E-state index contributed by atoms with van der Waals surface area (Å²) in [5.41, 5.74) is 3.84. The Morgan fingerprint density at radius 1 is 1.36 bits per heavy atom. The highest BCUT2D eigenvalue weighted by Crippen LogP contribution is 2.18. The van der Waals surface area contributed by atoms with Gasteiger partial charge in [-0.15, -0.1) is 11.3 Å². The number of nitrogens with two attached hydrogens (primary N) is 1. The second-order valence-electron chi connectivity index (χ2n) is 4.36. The molecule has 0 saturated heterocycles. The van der Waals surface area contributed by atoms with Crippen LogP contribution in [0.3, 0.4) is 0 Å². The van der Waals surface area contributed by atoms with Crippen LogP contribution in [0.25, 0.3) is 0 Å². The van der Waals surface area contributed by atoms with Crippen LogP contribution in [0, 0.1) is 0 Å². The van der Waals surface area contributed by atoms with Crippen molar-refractivity contribution in [1.82, 2.24) is 10.4 Å². The van der Waals surface area contributed by atoms with Crippen molar-refractivity contribution in [1.29, 1.82) is 0 Å². The van der Waals surface area contributed by atoms with Crippen molar-refractivity contribution >= 4 is 22.6 Å². The zero-order chi connectivity index (χ0) is 15.8. The second-order valence-corrected chi connectivity index (χ2v) is 5.21. The lowest BCUT2D eigenvalue weighted by atomic mass is 10.1. The number of nitrogens with zero attached hydrogens (tertiary/aromatic N) is 1. The van der Waals surface area contributed by atoms with Crippen molar-refractivity contribution in [2.75, 3.05) is 19.0 Å². The summed E-state index contributed by atoms with van der Waals surface area (Å²) in [5.74, 6) is 5.68. The van der Waals surface area contributed by atoms with E-state index in [0.717, 1.165) is 22.1 Å². The lowest BCUT2D eigenvalue weighted by molar-refractivity contribution is 0.147. The van der Waals surface area contributed by atoms with Crippen LogP contribution in [0.1, 0.15) is 11.3 Å². The van der Waals surface area contributed by atoms with Crippen molar-refractivity contribution in [3.63, 3.8) is 0 Å². The molecule has 0 saturated carbocycles. The minimum atomic E-state index is -0.635. The third-order valence-electron chi connectivity index (χ3n) is 2.82. The van der Waals surface area contributed by atoms with Crippen LogP contribution in [0.4, 0.5) is 9.93 Å². The largest absolute Gasteiger partial charge is 0.487 e. The maximum absolute atomic E-state index is 10.8. The van der Waals surface area contributed by atoms with Gasteiger partial charge < -0.3 is 14.8 Å². The van der Waals surface area contributed by atoms with Crippen molar-refractivity contribution in [2.45, 2.75) is 13.0 Å². The van der Waals surface area contributed by atoms with Gasteiger partial charge in [0.1, 0.15) is 12.4 Å². The molecular weight excluding hydrogens is 304 g/mol. The molecule has 0 aliphatic carbocycles. The number of hydrazine groups is 1. The number of hydrogen-bond acceptors (Lipinski definition) is 7. The lowest BCUT2D eigenvalue weighted by Crippen LogP contribution is -2.31. The Labute approximate surface area is 132 Å². The average molecular weight is 322 g/mol. The number of amides is 1. The number of benzene rings is 1. The summed E-state index contributed by atoms with van der Waals surface area (Å²) in [6, 6.07) is 7.62. The molecule has 2 rings (SSSR count). The minimum Gasteiger partial charge on any atom is -0.487 e. The molecule has 0 atom stereocenters. The summed E-state index contributed by atoms with van der Waals surface area (Å²) >= 11 is 1.54. The monoisotopic (exact) mass is 322 g/mol. The van der Waals surface area contributed by atoms with Gasteiger partial charge in [0, 0.05) is 18.8 Å². The summed E-state index contributed by atoms with van der Waals surface area (Å²) in [7, 11) is 1.84. The fourth-order valence-corrected chi connectivity index (χ4v) is 2.36. The SMILES string of the molecule is CNc1nc(COc2ccc(CCOC(=O)NN)cc2)cs1. The molecule has 1 aromatic heterocycles. The van der Waals surface area contributed by atoms with Gasteiger partial charge in [-0.1, -0.05) is 12.1 Å². The van der Waals surface area contributed by atoms with Crippen molar-refractivity contribution in [3.05, 3.63) is 40.9 Å². The van der Waals surface area contributed by atoms with Crippen molar-refractivity contribution < 1.29 is 14.3 Å². The van der Waals surface area contributed by atoms with E-state index in [9.17, 15) is 4.79 Å². The van der Waals surface area contributed by atoms with E-state index in [0.29, 0.717) is 13.0 Å². The number of aromatic nitrogens is 1. The van der Waals surface area contributed by atoms with Gasteiger partial charge in [0.25, 0.3) is 0 Å². The third kappa shape index (κ3) is 4.90. The number of anilines is 1. The summed E-state index contributed by atoms with van der Waals surface area (Å²) in [6.45, 7) is 0.701. The molecule has 8 heteroatoms. The normalized spacial score (nSPS) is 10.1. The molecular formula is C14H18N4O3S. The Bertz CT molecular complexity index is 600. The molecule has 1 amide bonds. The molecule has 0 aliphatic heterocycles. The van der Waals surface area contributed by atoms with E-state index in [-0.39, 0.29) is 6.61 Å². The molecule has 0 fully saturated rings. The molecule has 0 radical (unpaired) electrons. The summed E-state index contributed by atoms with van der Waals surface area (Å²) in [4.78, 5) is 15.2. The van der Waals surface area contributed by atoms with Crippen molar-refractivity contribution in [2.24, 2.45) is 5.84 Å². The van der Waals surface area contributed by atoms with Gasteiger partial charge in [-0.25, -0.2) is 15.6 Å². The van der Waals surface area contributed by atoms with Crippen LogP contribution in [-0.4, -0.2) is 24.7 Å². The second kappa shape index (κ2) is 8.20. The summed E-state index contributed by atoms with van der Waals surface area (Å²) in [5, 5.41) is 5.82. The predicted molar refractivity (Wildman–Crippen MR) is 84.8 cm³/mol. The number of carbonyl (C=O) groups is 1. The first-order chi connectivity index (χ1) is 10.7. The topological polar surface area (TPSA) is 98.5 Å². The molecule has 0 bridgehead atoms. The number of ether oxygens (including phenoxy) is 2. The molecule has 0 aliphatic rings. The van der Waals surface area contributed by atoms with E-state index >= 15 is 0 Å². The maximum atomic E-state index is 10.8. The van der Waals surface area contributed by atoms with Gasteiger partial charge in [-0.2, -0.15) is 0 Å². The first kappa shape index (κ1) is 16.1. The number of thiazole rings is 1. The fourth-order valence-electron chi connectivity index (χ4n) is 1.70. The average Bonchev–Trinajstić information content (AvgIpc) is 3.02. The van der Waals surface area contributed by atoms with E-state index in [4.69, 9.17) is 15.3 Å². The molecule has 7 nitrogen and oxygen atoms in total. The zero-order valence-corrected chi connectivity index (χ0v) is 13.0. The number of hydrogen-bond donors (Lipinski definition) is 3. The fraction of sp³-hybridized carbons (Fsp3) is 0.286. The first-order valence-corrected chi connectivity index (χ1v) is 7.56. The van der Waals surface area contributed by atoms with Gasteiger partial charge in [0.05, 0.1) is 12.3 Å². The number of nitrogens with one attached hydrogen (secondary N) is 2. The van der Waals surface area contributed by atoms with Crippen LogP contribution in [0.2, 0.25) is 0 Å². The van der Waals surface area contributed by atoms with E-state index in [1.54, 1.807) is 11.3 Å². The van der Waals surface area contributed by atoms with Gasteiger partial charge in [-0.05, 0) is 17.7 Å². The molecule has 4 N–H and O–H groups in total. The van der Waals surface area contributed by atoms with Crippen LogP contribution < -0.4 is 21.3 Å². The van der Waals surface area contributed by atoms with Gasteiger partial charge >= 0.3 is 6.09 Å². The molecule has 2 aromatic rings. The quantitative estimate of drug-likeness (QED) is 0.409. The van der Waals surface area contributed by atoms with Gasteiger partial charge in [0.15, 0.2) is 5.13 Å². The summed E-state index contributed by atoms with van der Waals surface area (Å²) in [6.07, 6.45) is -0.0187. The third-order valence-corrected chi connectivity index (χ3v) is 3.73. The Morgan fingerprint density at radius 2 is 2.14 bits per heavy atom. The Balaban J connectivity index is 1.77. The highest BCUT2D eigenvalue weighted by Gasteiger charge is 2.03. The molecule has 118 valence electrons. The first-order valence-electron chi connectivity index (χ1n) is 6.68. The molecule has 22 heavy (non-hydrogen) atoms. The predicted octanol–water partition coefficient (Wildman–Crippen LogP) is 1.91. The Kier molecular flexibility index (Phi) is 5.99. The Hall–Kier alpha value is -2.32. The standard InChI is InChI=1S/C14H18N4O3S/c1-16-13-17-11(9-22-13)8-21-12-4-2-10(3-5-12)6-7-20-14(19)18-15/h2-5,9H,6-8,15H2,1H3,(H,16,17)(H,18,19). The lowest BCUT2D eigenvalue weighted by Gasteiger charge is -2.06. The zero-order valence-electron chi connectivity index (χ0n) is 12.2. The van der Waals surface area contributed by atoms with E-state index in [2.05, 4.69) is 10.3 Å². The number of rotatable bonds is 7. The van der Waals surface area contributed by atoms with Crippen molar-refractivity contribution in [3.8, 4) is 5.75 Å². The number of carbonyl (C=O) groups excluding carboxylic acids is 1. The van der Waals surface area contributed by atoms with Crippen LogP contribution in [0.5, 0.6) is 5.75 Å². The van der Waals surface area contributed by atoms with Gasteiger partial charge in [0.2, 0.25) is 0 Å². The highest BCUT2D eigenvalue weighted by atomic mass is 32.1.